The smallest absolute Gasteiger partial charge is 0.310 e. The number of benzene rings is 1. The van der Waals surface area contributed by atoms with Crippen LogP contribution in [0.3, 0.4) is 0 Å². The summed E-state index contributed by atoms with van der Waals surface area (Å²) in [6.07, 6.45) is 4.11. The van der Waals surface area contributed by atoms with Crippen molar-refractivity contribution in [2.24, 2.45) is 11.8 Å². The Balaban J connectivity index is 1.44. The van der Waals surface area contributed by atoms with E-state index in [1.54, 1.807) is 17.1 Å². The molecule has 7 nitrogen and oxygen atoms in total. The molecule has 0 spiro atoms. The van der Waals surface area contributed by atoms with E-state index < -0.39 is 17.8 Å². The highest BCUT2D eigenvalue weighted by Crippen LogP contribution is 2.44. The van der Waals surface area contributed by atoms with Crippen LogP contribution in [0.15, 0.2) is 42.7 Å². The average Bonchev–Trinajstić information content (AvgIpc) is 3.31. The lowest BCUT2D eigenvalue weighted by molar-refractivity contribution is -0.147. The predicted octanol–water partition coefficient (Wildman–Crippen LogP) is 1.75. The van der Waals surface area contributed by atoms with E-state index in [0.717, 1.165) is 12.0 Å². The highest BCUT2D eigenvalue weighted by molar-refractivity contribution is 5.96. The van der Waals surface area contributed by atoms with Crippen molar-refractivity contribution in [2.45, 2.75) is 31.6 Å². The van der Waals surface area contributed by atoms with Crippen LogP contribution in [0.5, 0.6) is 0 Å². The summed E-state index contributed by atoms with van der Waals surface area (Å²) in [4.78, 5) is 24.1. The molecule has 2 bridgehead atoms. The van der Waals surface area contributed by atoms with Gasteiger partial charge in [0.25, 0.3) is 0 Å². The second-order valence-corrected chi connectivity index (χ2v) is 6.58. The Bertz CT molecular complexity index is 789. The van der Waals surface area contributed by atoms with E-state index in [2.05, 4.69) is 10.4 Å². The van der Waals surface area contributed by atoms with Gasteiger partial charge in [-0.15, -0.1) is 0 Å². The molecule has 0 aliphatic carbocycles. The van der Waals surface area contributed by atoms with Gasteiger partial charge in [-0.3, -0.25) is 14.3 Å². The summed E-state index contributed by atoms with van der Waals surface area (Å²) in [6.45, 7) is 0.603. The van der Waals surface area contributed by atoms with Gasteiger partial charge in [-0.2, -0.15) is 5.10 Å². The highest BCUT2D eigenvalue weighted by atomic mass is 16.5. The van der Waals surface area contributed by atoms with E-state index in [1.165, 1.54) is 0 Å². The minimum Gasteiger partial charge on any atom is -0.481 e. The number of aromatic nitrogens is 2. The number of nitrogens with zero attached hydrogens (tertiary/aromatic N) is 2. The molecule has 4 rings (SSSR count). The second-order valence-electron chi connectivity index (χ2n) is 6.58. The fourth-order valence-corrected chi connectivity index (χ4v) is 3.84. The van der Waals surface area contributed by atoms with Crippen LogP contribution in [0.1, 0.15) is 18.4 Å². The predicted molar refractivity (Wildman–Crippen MR) is 88.9 cm³/mol. The van der Waals surface area contributed by atoms with E-state index in [0.29, 0.717) is 18.7 Å². The molecule has 0 radical (unpaired) electrons. The van der Waals surface area contributed by atoms with Gasteiger partial charge in [0.1, 0.15) is 0 Å². The van der Waals surface area contributed by atoms with Crippen LogP contribution in [-0.2, 0) is 20.9 Å². The number of amides is 1. The third-order valence-electron chi connectivity index (χ3n) is 4.95. The molecule has 2 N–H and O–H groups in total. The van der Waals surface area contributed by atoms with E-state index in [-0.39, 0.29) is 18.1 Å². The fraction of sp³-hybridized carbons (Fsp3) is 0.389. The van der Waals surface area contributed by atoms with Crippen LogP contribution in [0.4, 0.5) is 5.69 Å². The van der Waals surface area contributed by atoms with Crippen molar-refractivity contribution in [3.05, 3.63) is 48.3 Å². The lowest BCUT2D eigenvalue weighted by Gasteiger charge is -2.23. The number of fused-ring (bicyclic) bond motifs is 2. The van der Waals surface area contributed by atoms with E-state index in [9.17, 15) is 14.7 Å². The number of carboxylic acid groups (broad SMARTS) is 1. The van der Waals surface area contributed by atoms with Gasteiger partial charge in [0.05, 0.1) is 42.5 Å². The van der Waals surface area contributed by atoms with Crippen molar-refractivity contribution in [3.63, 3.8) is 0 Å². The van der Waals surface area contributed by atoms with Gasteiger partial charge in [0.2, 0.25) is 5.91 Å². The standard InChI is InChI=1S/C18H19N3O4/c22-17(15-13-6-7-14(25-13)16(15)18(23)24)20-12-8-19-21(10-12)9-11-4-2-1-3-5-11/h1-5,8,10,13-16H,6-7,9H2,(H,20,22)(H,23,24)/t13-,14-,15+,16-/m1/s1. The SMILES string of the molecule is O=C(Nc1cnn(Cc2ccccc2)c1)[C@@H]1[C@H](C(=O)O)[C@H]2CC[C@H]1O2. The van der Waals surface area contributed by atoms with Gasteiger partial charge < -0.3 is 15.2 Å². The first-order chi connectivity index (χ1) is 12.1. The highest BCUT2D eigenvalue weighted by Gasteiger charge is 2.55. The summed E-state index contributed by atoms with van der Waals surface area (Å²) in [7, 11) is 0. The number of carboxylic acids is 1. The van der Waals surface area contributed by atoms with Gasteiger partial charge in [-0.05, 0) is 18.4 Å². The summed E-state index contributed by atoms with van der Waals surface area (Å²) in [5.74, 6) is -2.68. The number of rotatable bonds is 5. The second kappa shape index (κ2) is 6.33. The average molecular weight is 341 g/mol. The van der Waals surface area contributed by atoms with Crippen molar-refractivity contribution in [1.29, 1.82) is 0 Å². The molecule has 0 saturated carbocycles. The number of hydrogen-bond donors (Lipinski definition) is 2. The summed E-state index contributed by atoms with van der Waals surface area (Å²) in [5, 5.41) is 16.5. The van der Waals surface area contributed by atoms with E-state index in [1.807, 2.05) is 30.3 Å². The maximum absolute atomic E-state index is 12.6. The number of carbonyl (C=O) groups excluding carboxylic acids is 1. The molecule has 0 unspecified atom stereocenters. The minimum atomic E-state index is -0.966. The monoisotopic (exact) mass is 341 g/mol. The lowest BCUT2D eigenvalue weighted by Crippen LogP contribution is -2.40. The van der Waals surface area contributed by atoms with Crippen LogP contribution < -0.4 is 5.32 Å². The largest absolute Gasteiger partial charge is 0.481 e. The number of carbonyl (C=O) groups is 2. The number of hydrogen-bond acceptors (Lipinski definition) is 4. The maximum atomic E-state index is 12.6. The Hall–Kier alpha value is -2.67. The molecule has 2 aromatic rings. The van der Waals surface area contributed by atoms with Crippen molar-refractivity contribution < 1.29 is 19.4 Å². The Morgan fingerprint density at radius 1 is 1.20 bits per heavy atom. The quantitative estimate of drug-likeness (QED) is 0.864. The molecule has 1 amide bonds. The number of ether oxygens (including phenoxy) is 1. The molecule has 2 fully saturated rings. The molecule has 1 aromatic carbocycles. The lowest BCUT2D eigenvalue weighted by atomic mass is 9.78. The van der Waals surface area contributed by atoms with E-state index in [4.69, 9.17) is 4.74 Å². The number of anilines is 1. The van der Waals surface area contributed by atoms with Crippen molar-refractivity contribution >= 4 is 17.6 Å². The zero-order chi connectivity index (χ0) is 17.4. The molecule has 3 heterocycles. The Morgan fingerprint density at radius 3 is 2.64 bits per heavy atom. The molecule has 7 heteroatoms. The molecule has 2 aliphatic heterocycles. The molecule has 2 saturated heterocycles. The third kappa shape index (κ3) is 3.02. The topological polar surface area (TPSA) is 93.5 Å². The molecular weight excluding hydrogens is 322 g/mol. The first kappa shape index (κ1) is 15.8. The van der Waals surface area contributed by atoms with Crippen LogP contribution in [-0.4, -0.2) is 39.0 Å². The Morgan fingerprint density at radius 2 is 1.92 bits per heavy atom. The number of nitrogens with one attached hydrogen (secondary N) is 1. The summed E-state index contributed by atoms with van der Waals surface area (Å²) < 4.78 is 7.37. The number of aliphatic carboxylic acids is 1. The molecule has 4 atom stereocenters. The molecular formula is C18H19N3O4. The zero-order valence-electron chi connectivity index (χ0n) is 13.5. The molecule has 25 heavy (non-hydrogen) atoms. The summed E-state index contributed by atoms with van der Waals surface area (Å²) in [6, 6.07) is 9.88. The molecule has 1 aromatic heterocycles. The first-order valence-corrected chi connectivity index (χ1v) is 8.37. The third-order valence-corrected chi connectivity index (χ3v) is 4.95. The maximum Gasteiger partial charge on any atom is 0.310 e. The molecule has 2 aliphatic rings. The zero-order valence-corrected chi connectivity index (χ0v) is 13.5. The van der Waals surface area contributed by atoms with E-state index >= 15 is 0 Å². The van der Waals surface area contributed by atoms with Crippen LogP contribution in [0.2, 0.25) is 0 Å². The van der Waals surface area contributed by atoms with Crippen LogP contribution in [0, 0.1) is 11.8 Å². The van der Waals surface area contributed by atoms with Crippen molar-refractivity contribution in [1.82, 2.24) is 9.78 Å². The first-order valence-electron chi connectivity index (χ1n) is 8.37. The Labute approximate surface area is 144 Å². The van der Waals surface area contributed by atoms with Crippen molar-refractivity contribution in [3.8, 4) is 0 Å². The summed E-state index contributed by atoms with van der Waals surface area (Å²) in [5.41, 5.74) is 1.67. The van der Waals surface area contributed by atoms with Gasteiger partial charge in [-0.1, -0.05) is 30.3 Å². The van der Waals surface area contributed by atoms with Crippen molar-refractivity contribution in [2.75, 3.05) is 5.32 Å². The van der Waals surface area contributed by atoms with Gasteiger partial charge in [0.15, 0.2) is 0 Å². The van der Waals surface area contributed by atoms with Crippen LogP contribution >= 0.6 is 0 Å². The summed E-state index contributed by atoms with van der Waals surface area (Å²) >= 11 is 0. The normalized spacial score (nSPS) is 27.4. The van der Waals surface area contributed by atoms with Gasteiger partial charge in [0, 0.05) is 6.20 Å². The van der Waals surface area contributed by atoms with Gasteiger partial charge >= 0.3 is 5.97 Å². The van der Waals surface area contributed by atoms with Gasteiger partial charge in [-0.25, -0.2) is 0 Å². The van der Waals surface area contributed by atoms with Crippen LogP contribution in [0.25, 0.3) is 0 Å². The fourth-order valence-electron chi connectivity index (χ4n) is 3.84. The molecule has 130 valence electrons. The minimum absolute atomic E-state index is 0.300. The Kier molecular flexibility index (Phi) is 4.01.